The Morgan fingerprint density at radius 1 is 1.36 bits per heavy atom. The van der Waals surface area contributed by atoms with E-state index in [1.165, 1.54) is 12.8 Å². The minimum Gasteiger partial charge on any atom is -0.312 e. The molecule has 0 bridgehead atoms. The Morgan fingerprint density at radius 3 is 2.64 bits per heavy atom. The maximum absolute atomic E-state index is 12.2. The van der Waals surface area contributed by atoms with Crippen LogP contribution in [0.3, 0.4) is 0 Å². The predicted molar refractivity (Wildman–Crippen MR) is 60.8 cm³/mol. The fourth-order valence-electron chi connectivity index (χ4n) is 2.49. The Labute approximate surface area is 89.3 Å². The zero-order chi connectivity index (χ0) is 10.1. The van der Waals surface area contributed by atoms with Crippen molar-refractivity contribution in [2.75, 3.05) is 6.54 Å². The molecule has 2 fully saturated rings. The van der Waals surface area contributed by atoms with Gasteiger partial charge in [-0.05, 0) is 38.1 Å². The standard InChI is InChI=1S/C11H21NOS/c1-3-10-11(9-4-5-9)12-7-6-8(2)14(10)13/h8-12H,3-7H2,1-2H3. The highest BCUT2D eigenvalue weighted by Gasteiger charge is 2.40. The molecule has 14 heavy (non-hydrogen) atoms. The lowest BCUT2D eigenvalue weighted by atomic mass is 10.1. The first-order valence-corrected chi connectivity index (χ1v) is 7.14. The molecule has 0 aromatic carbocycles. The molecular weight excluding hydrogens is 194 g/mol. The first kappa shape index (κ1) is 10.6. The lowest BCUT2D eigenvalue weighted by molar-refractivity contribution is 0.445. The largest absolute Gasteiger partial charge is 0.312 e. The molecule has 0 aromatic rings. The van der Waals surface area contributed by atoms with E-state index in [1.807, 2.05) is 0 Å². The van der Waals surface area contributed by atoms with Crippen LogP contribution in [0.1, 0.15) is 39.5 Å². The van der Waals surface area contributed by atoms with Crippen LogP contribution in [-0.4, -0.2) is 27.3 Å². The number of hydrogen-bond acceptors (Lipinski definition) is 2. The van der Waals surface area contributed by atoms with Crippen LogP contribution in [0.25, 0.3) is 0 Å². The molecule has 1 aliphatic carbocycles. The summed E-state index contributed by atoms with van der Waals surface area (Å²) in [4.78, 5) is 0. The van der Waals surface area contributed by atoms with Crippen LogP contribution in [0.4, 0.5) is 0 Å². The third kappa shape index (κ3) is 2.03. The third-order valence-corrected chi connectivity index (χ3v) is 5.81. The van der Waals surface area contributed by atoms with E-state index in [1.54, 1.807) is 0 Å². The molecule has 0 radical (unpaired) electrons. The second-order valence-corrected chi connectivity index (χ2v) is 6.76. The maximum atomic E-state index is 12.2. The van der Waals surface area contributed by atoms with Gasteiger partial charge in [0.25, 0.3) is 0 Å². The molecule has 1 saturated heterocycles. The van der Waals surface area contributed by atoms with Gasteiger partial charge in [-0.2, -0.15) is 0 Å². The summed E-state index contributed by atoms with van der Waals surface area (Å²) in [5, 5.41) is 4.40. The second kappa shape index (κ2) is 4.31. The molecule has 0 amide bonds. The van der Waals surface area contributed by atoms with Gasteiger partial charge in [0.05, 0.1) is 5.25 Å². The summed E-state index contributed by atoms with van der Waals surface area (Å²) in [5.41, 5.74) is 0. The van der Waals surface area contributed by atoms with Crippen molar-refractivity contribution in [2.24, 2.45) is 5.92 Å². The lowest BCUT2D eigenvalue weighted by Gasteiger charge is -2.24. The molecular formula is C11H21NOS. The van der Waals surface area contributed by atoms with Gasteiger partial charge in [-0.15, -0.1) is 0 Å². The molecule has 2 rings (SSSR count). The molecule has 0 spiro atoms. The van der Waals surface area contributed by atoms with Crippen molar-refractivity contribution in [1.82, 2.24) is 5.32 Å². The van der Waals surface area contributed by atoms with Crippen molar-refractivity contribution in [3.05, 3.63) is 0 Å². The molecule has 2 nitrogen and oxygen atoms in total. The number of hydrogen-bond donors (Lipinski definition) is 1. The SMILES string of the molecule is CCC1C(C2CC2)NCCC(C)S1=O. The molecule has 1 heterocycles. The van der Waals surface area contributed by atoms with Gasteiger partial charge in [-0.3, -0.25) is 4.21 Å². The van der Waals surface area contributed by atoms with Crippen molar-refractivity contribution in [3.8, 4) is 0 Å². The summed E-state index contributed by atoms with van der Waals surface area (Å²) in [6.07, 6.45) is 4.83. The molecule has 3 heteroatoms. The fourth-order valence-corrected chi connectivity index (χ4v) is 4.37. The zero-order valence-electron chi connectivity index (χ0n) is 9.16. The average Bonchev–Trinajstić information content (AvgIpc) is 2.97. The van der Waals surface area contributed by atoms with Gasteiger partial charge in [-0.25, -0.2) is 0 Å². The lowest BCUT2D eigenvalue weighted by Crippen LogP contribution is -2.42. The van der Waals surface area contributed by atoms with Crippen LogP contribution >= 0.6 is 0 Å². The van der Waals surface area contributed by atoms with Crippen LogP contribution < -0.4 is 5.32 Å². The molecule has 4 unspecified atom stereocenters. The van der Waals surface area contributed by atoms with Crippen molar-refractivity contribution >= 4 is 10.8 Å². The molecule has 82 valence electrons. The Bertz CT molecular complexity index is 227. The minimum absolute atomic E-state index is 0.385. The van der Waals surface area contributed by atoms with E-state index in [0.717, 1.165) is 25.3 Å². The second-order valence-electron chi connectivity index (χ2n) is 4.69. The fraction of sp³-hybridized carbons (Fsp3) is 1.00. The molecule has 1 N–H and O–H groups in total. The van der Waals surface area contributed by atoms with Crippen LogP contribution in [0.5, 0.6) is 0 Å². The molecule has 0 aromatic heterocycles. The highest BCUT2D eigenvalue weighted by atomic mass is 32.2. The van der Waals surface area contributed by atoms with Gasteiger partial charge >= 0.3 is 0 Å². The number of rotatable bonds is 2. The Morgan fingerprint density at radius 2 is 2.07 bits per heavy atom. The average molecular weight is 215 g/mol. The quantitative estimate of drug-likeness (QED) is 0.759. The zero-order valence-corrected chi connectivity index (χ0v) is 9.98. The van der Waals surface area contributed by atoms with Crippen molar-refractivity contribution in [1.29, 1.82) is 0 Å². The summed E-state index contributed by atoms with van der Waals surface area (Å²) in [7, 11) is -0.613. The van der Waals surface area contributed by atoms with Crippen LogP contribution in [0.15, 0.2) is 0 Å². The van der Waals surface area contributed by atoms with E-state index < -0.39 is 10.8 Å². The first-order valence-electron chi connectivity index (χ1n) is 5.86. The van der Waals surface area contributed by atoms with E-state index in [4.69, 9.17) is 0 Å². The summed E-state index contributed by atoms with van der Waals surface area (Å²) in [5.74, 6) is 0.828. The summed E-state index contributed by atoms with van der Waals surface area (Å²) >= 11 is 0. The van der Waals surface area contributed by atoms with Crippen LogP contribution in [0, 0.1) is 5.92 Å². The maximum Gasteiger partial charge on any atom is 0.0504 e. The van der Waals surface area contributed by atoms with Gasteiger partial charge in [0.1, 0.15) is 0 Å². The summed E-state index contributed by atoms with van der Waals surface area (Å²) < 4.78 is 12.2. The van der Waals surface area contributed by atoms with E-state index >= 15 is 0 Å². The molecule has 2 aliphatic rings. The van der Waals surface area contributed by atoms with Crippen molar-refractivity contribution < 1.29 is 4.21 Å². The Kier molecular flexibility index (Phi) is 3.27. The van der Waals surface area contributed by atoms with E-state index in [-0.39, 0.29) is 0 Å². The predicted octanol–water partition coefficient (Wildman–Crippen LogP) is 1.67. The monoisotopic (exact) mass is 215 g/mol. The van der Waals surface area contributed by atoms with Crippen LogP contribution in [0.2, 0.25) is 0 Å². The topological polar surface area (TPSA) is 29.1 Å². The van der Waals surface area contributed by atoms with Crippen LogP contribution in [-0.2, 0) is 10.8 Å². The van der Waals surface area contributed by atoms with E-state index in [9.17, 15) is 4.21 Å². The highest BCUT2D eigenvalue weighted by molar-refractivity contribution is 7.86. The molecule has 1 aliphatic heterocycles. The van der Waals surface area contributed by atoms with Gasteiger partial charge in [0.15, 0.2) is 0 Å². The third-order valence-electron chi connectivity index (χ3n) is 3.56. The van der Waals surface area contributed by atoms with Gasteiger partial charge in [0.2, 0.25) is 0 Å². The highest BCUT2D eigenvalue weighted by Crippen LogP contribution is 2.37. The van der Waals surface area contributed by atoms with Crippen molar-refractivity contribution in [3.63, 3.8) is 0 Å². The van der Waals surface area contributed by atoms with E-state index in [0.29, 0.717) is 16.5 Å². The molecule has 1 saturated carbocycles. The molecule has 4 atom stereocenters. The smallest absolute Gasteiger partial charge is 0.0504 e. The Balaban J connectivity index is 2.11. The van der Waals surface area contributed by atoms with Gasteiger partial charge in [-0.1, -0.05) is 13.8 Å². The van der Waals surface area contributed by atoms with Crippen molar-refractivity contribution in [2.45, 2.75) is 56.1 Å². The minimum atomic E-state index is -0.613. The van der Waals surface area contributed by atoms with Gasteiger partial charge in [0, 0.05) is 22.1 Å². The normalized spacial score (nSPS) is 44.7. The van der Waals surface area contributed by atoms with E-state index in [2.05, 4.69) is 19.2 Å². The number of nitrogens with one attached hydrogen (secondary N) is 1. The summed E-state index contributed by atoms with van der Waals surface area (Å²) in [6.45, 7) is 5.37. The van der Waals surface area contributed by atoms with Gasteiger partial charge < -0.3 is 5.32 Å². The first-order chi connectivity index (χ1) is 6.74. The summed E-state index contributed by atoms with van der Waals surface area (Å²) in [6, 6.07) is 0.547. The Hall–Kier alpha value is 0.110.